The summed E-state index contributed by atoms with van der Waals surface area (Å²) in [5, 5.41) is 17.4. The van der Waals surface area contributed by atoms with Crippen molar-refractivity contribution in [2.24, 2.45) is 0 Å². The Morgan fingerprint density at radius 2 is 2.16 bits per heavy atom. The Morgan fingerprint density at radius 3 is 2.92 bits per heavy atom. The number of nitrogens with zero attached hydrogens (tertiary/aromatic N) is 4. The molecule has 2 aromatic heterocycles. The molecule has 0 saturated carbocycles. The normalized spacial score (nSPS) is 10.6. The Hall–Kier alpha value is -3.20. The maximum absolute atomic E-state index is 12.1. The van der Waals surface area contributed by atoms with Gasteiger partial charge in [-0.15, -0.1) is 0 Å². The van der Waals surface area contributed by atoms with E-state index in [-0.39, 0.29) is 5.91 Å². The van der Waals surface area contributed by atoms with Crippen LogP contribution < -0.4 is 5.32 Å². The number of nitrogens with one attached hydrogen (secondary N) is 1. The first-order valence-electron chi connectivity index (χ1n) is 8.28. The third-order valence-electron chi connectivity index (χ3n) is 4.03. The number of carbonyl (C=O) groups excluding carboxylic acids is 1. The van der Waals surface area contributed by atoms with Gasteiger partial charge in [0.05, 0.1) is 11.7 Å². The largest absolute Gasteiger partial charge is 0.309 e. The number of aromatic nitrogens is 3. The van der Waals surface area contributed by atoms with Gasteiger partial charge in [-0.2, -0.15) is 15.0 Å². The number of nitriles is 1. The molecule has 1 amide bonds. The van der Waals surface area contributed by atoms with Gasteiger partial charge >= 0.3 is 0 Å². The lowest BCUT2D eigenvalue weighted by Crippen LogP contribution is -2.16. The molecule has 0 aliphatic heterocycles. The van der Waals surface area contributed by atoms with Crippen LogP contribution in [0.25, 0.3) is 16.7 Å². The number of unbranched alkanes of at least 4 members (excludes halogenated alkanes) is 1. The van der Waals surface area contributed by atoms with Gasteiger partial charge in [0.25, 0.3) is 0 Å². The van der Waals surface area contributed by atoms with Crippen molar-refractivity contribution in [3.8, 4) is 11.9 Å². The average Bonchev–Trinajstić information content (AvgIpc) is 3.02. The maximum atomic E-state index is 12.1. The predicted molar refractivity (Wildman–Crippen MR) is 96.5 cm³/mol. The van der Waals surface area contributed by atoms with Crippen LogP contribution in [0.1, 0.15) is 37.3 Å². The van der Waals surface area contributed by atoms with Crippen molar-refractivity contribution < 1.29 is 4.79 Å². The fourth-order valence-corrected chi connectivity index (χ4v) is 2.70. The Labute approximate surface area is 146 Å². The Morgan fingerprint density at radius 1 is 1.36 bits per heavy atom. The minimum atomic E-state index is -0.127. The van der Waals surface area contributed by atoms with E-state index in [1.165, 1.54) is 10.9 Å². The van der Waals surface area contributed by atoms with Gasteiger partial charge in [0, 0.05) is 11.8 Å². The molecule has 6 nitrogen and oxygen atoms in total. The van der Waals surface area contributed by atoms with Crippen molar-refractivity contribution in [1.29, 1.82) is 5.26 Å². The molecule has 3 rings (SSSR count). The average molecular weight is 333 g/mol. The molecule has 0 radical (unpaired) electrons. The molecule has 3 aromatic rings. The lowest BCUT2D eigenvalue weighted by atomic mass is 10.1. The number of aryl methyl sites for hydroxylation is 1. The molecule has 6 heteroatoms. The topological polar surface area (TPSA) is 83.6 Å². The zero-order valence-corrected chi connectivity index (χ0v) is 14.3. The zero-order valence-electron chi connectivity index (χ0n) is 14.3. The molecular weight excluding hydrogens is 314 g/mol. The lowest BCUT2D eigenvalue weighted by Gasteiger charge is -2.11. The SMILES string of the molecule is CCCCC(=O)Nc1c(C#N)cnn1-c1cc(C)c2ccccc2n1. The molecular formula is C19H19N5O. The number of amides is 1. The van der Waals surface area contributed by atoms with E-state index in [2.05, 4.69) is 21.5 Å². The Kier molecular flexibility index (Phi) is 4.75. The highest BCUT2D eigenvalue weighted by Gasteiger charge is 2.16. The minimum Gasteiger partial charge on any atom is -0.309 e. The Balaban J connectivity index is 2.04. The number of carbonyl (C=O) groups is 1. The van der Waals surface area contributed by atoms with Gasteiger partial charge in [-0.1, -0.05) is 31.5 Å². The van der Waals surface area contributed by atoms with E-state index < -0.39 is 0 Å². The quantitative estimate of drug-likeness (QED) is 0.771. The highest BCUT2D eigenvalue weighted by molar-refractivity contribution is 5.91. The van der Waals surface area contributed by atoms with Crippen LogP contribution in [0.3, 0.4) is 0 Å². The van der Waals surface area contributed by atoms with Crippen molar-refractivity contribution >= 4 is 22.6 Å². The minimum absolute atomic E-state index is 0.127. The van der Waals surface area contributed by atoms with Crippen molar-refractivity contribution in [3.05, 3.63) is 47.7 Å². The van der Waals surface area contributed by atoms with Crippen molar-refractivity contribution in [2.75, 3.05) is 5.32 Å². The summed E-state index contributed by atoms with van der Waals surface area (Å²) in [6.45, 7) is 4.03. The van der Waals surface area contributed by atoms with Gasteiger partial charge in [-0.25, -0.2) is 4.98 Å². The first-order chi connectivity index (χ1) is 12.1. The molecule has 0 fully saturated rings. The number of benzene rings is 1. The summed E-state index contributed by atoms with van der Waals surface area (Å²) in [5.41, 5.74) is 2.21. The number of pyridine rings is 1. The molecule has 0 atom stereocenters. The first kappa shape index (κ1) is 16.7. The van der Waals surface area contributed by atoms with Gasteiger partial charge in [0.1, 0.15) is 11.6 Å². The van der Waals surface area contributed by atoms with Gasteiger partial charge < -0.3 is 5.32 Å². The van der Waals surface area contributed by atoms with Gasteiger partial charge in [-0.3, -0.25) is 4.79 Å². The first-order valence-corrected chi connectivity index (χ1v) is 8.28. The van der Waals surface area contributed by atoms with E-state index in [4.69, 9.17) is 0 Å². The number of fused-ring (bicyclic) bond motifs is 1. The molecule has 126 valence electrons. The standard InChI is InChI=1S/C19H19N5O/c1-3-4-9-18(25)23-19-14(11-20)12-21-24(19)17-10-13(2)15-7-5-6-8-16(15)22-17/h5-8,10,12H,3-4,9H2,1-2H3,(H,23,25). The van der Waals surface area contributed by atoms with Crippen LogP contribution in [0.4, 0.5) is 5.82 Å². The van der Waals surface area contributed by atoms with Crippen LogP contribution in [-0.4, -0.2) is 20.7 Å². The zero-order chi connectivity index (χ0) is 17.8. The highest BCUT2D eigenvalue weighted by atomic mass is 16.1. The molecule has 0 unspecified atom stereocenters. The summed E-state index contributed by atoms with van der Waals surface area (Å²) in [5.74, 6) is 0.812. The fourth-order valence-electron chi connectivity index (χ4n) is 2.70. The van der Waals surface area contributed by atoms with E-state index in [0.29, 0.717) is 23.6 Å². The summed E-state index contributed by atoms with van der Waals surface area (Å²) in [6, 6.07) is 11.8. The summed E-state index contributed by atoms with van der Waals surface area (Å²) in [4.78, 5) is 16.7. The molecule has 1 N–H and O–H groups in total. The molecule has 1 aromatic carbocycles. The van der Waals surface area contributed by atoms with Crippen molar-refractivity contribution in [2.45, 2.75) is 33.1 Å². The summed E-state index contributed by atoms with van der Waals surface area (Å²) in [6.07, 6.45) is 3.59. The molecule has 0 aliphatic rings. The van der Waals surface area contributed by atoms with Gasteiger partial charge in [-0.05, 0) is 31.0 Å². The second-order valence-corrected chi connectivity index (χ2v) is 5.90. The third-order valence-corrected chi connectivity index (χ3v) is 4.03. The van der Waals surface area contributed by atoms with E-state index in [9.17, 15) is 10.1 Å². The fraction of sp³-hybridized carbons (Fsp3) is 0.263. The van der Waals surface area contributed by atoms with Crippen LogP contribution in [0.5, 0.6) is 0 Å². The van der Waals surface area contributed by atoms with Crippen molar-refractivity contribution in [1.82, 2.24) is 14.8 Å². The predicted octanol–water partition coefficient (Wildman–Crippen LogP) is 3.73. The van der Waals surface area contributed by atoms with Crippen LogP contribution >= 0.6 is 0 Å². The number of anilines is 1. The summed E-state index contributed by atoms with van der Waals surface area (Å²) >= 11 is 0. The summed E-state index contributed by atoms with van der Waals surface area (Å²) < 4.78 is 1.52. The number of para-hydroxylation sites is 1. The van der Waals surface area contributed by atoms with E-state index >= 15 is 0 Å². The van der Waals surface area contributed by atoms with Crippen LogP contribution in [-0.2, 0) is 4.79 Å². The van der Waals surface area contributed by atoms with E-state index in [0.717, 1.165) is 29.3 Å². The molecule has 0 spiro atoms. The number of hydrogen-bond acceptors (Lipinski definition) is 4. The molecule has 0 aliphatic carbocycles. The number of rotatable bonds is 5. The number of hydrogen-bond donors (Lipinski definition) is 1. The van der Waals surface area contributed by atoms with Crippen LogP contribution in [0.15, 0.2) is 36.5 Å². The molecule has 0 saturated heterocycles. The monoisotopic (exact) mass is 333 g/mol. The van der Waals surface area contributed by atoms with Gasteiger partial charge in [0.2, 0.25) is 5.91 Å². The second kappa shape index (κ2) is 7.14. The third kappa shape index (κ3) is 3.36. The van der Waals surface area contributed by atoms with Crippen LogP contribution in [0, 0.1) is 18.3 Å². The van der Waals surface area contributed by atoms with Crippen molar-refractivity contribution in [3.63, 3.8) is 0 Å². The summed E-state index contributed by atoms with van der Waals surface area (Å²) in [7, 11) is 0. The van der Waals surface area contributed by atoms with E-state index in [1.807, 2.05) is 44.2 Å². The molecule has 25 heavy (non-hydrogen) atoms. The maximum Gasteiger partial charge on any atom is 0.225 e. The van der Waals surface area contributed by atoms with Gasteiger partial charge in [0.15, 0.2) is 11.6 Å². The molecule has 2 heterocycles. The smallest absolute Gasteiger partial charge is 0.225 e. The Bertz CT molecular complexity index is 968. The second-order valence-electron chi connectivity index (χ2n) is 5.90. The van der Waals surface area contributed by atoms with Crippen LogP contribution in [0.2, 0.25) is 0 Å². The van der Waals surface area contributed by atoms with E-state index in [1.54, 1.807) is 0 Å². The highest BCUT2D eigenvalue weighted by Crippen LogP contribution is 2.23. The lowest BCUT2D eigenvalue weighted by molar-refractivity contribution is -0.116. The molecule has 0 bridgehead atoms.